The zero-order valence-corrected chi connectivity index (χ0v) is 14.0. The first-order valence-electron chi connectivity index (χ1n) is 8.27. The molecule has 2 heterocycles. The molecule has 1 fully saturated rings. The average Bonchev–Trinajstić information content (AvgIpc) is 2.63. The Balaban J connectivity index is 1.49. The van der Waals surface area contributed by atoms with Crippen molar-refractivity contribution in [3.8, 4) is 0 Å². The highest BCUT2D eigenvalue weighted by Crippen LogP contribution is 2.29. The first-order valence-corrected chi connectivity index (χ1v) is 8.27. The maximum Gasteiger partial charge on any atom is 0.416 e. The van der Waals surface area contributed by atoms with Crippen LogP contribution in [0.1, 0.15) is 11.3 Å². The maximum absolute atomic E-state index is 12.6. The Kier molecular flexibility index (Phi) is 5.41. The number of nitrogens with zero attached hydrogens (tertiary/aromatic N) is 3. The monoisotopic (exact) mass is 364 g/mol. The fourth-order valence-corrected chi connectivity index (χ4v) is 2.77. The fourth-order valence-electron chi connectivity index (χ4n) is 2.77. The average molecular weight is 364 g/mol. The van der Waals surface area contributed by atoms with Crippen LogP contribution in [0.2, 0.25) is 0 Å². The second-order valence-electron chi connectivity index (χ2n) is 6.09. The highest BCUT2D eigenvalue weighted by atomic mass is 19.4. The maximum atomic E-state index is 12.6. The summed E-state index contributed by atoms with van der Waals surface area (Å²) in [4.78, 5) is 20.4. The highest BCUT2D eigenvalue weighted by molar-refractivity contribution is 5.89. The van der Waals surface area contributed by atoms with Gasteiger partial charge in [0.2, 0.25) is 0 Å². The molecule has 0 radical (unpaired) electrons. The molecule has 3 rings (SSSR count). The zero-order valence-electron chi connectivity index (χ0n) is 14.0. The van der Waals surface area contributed by atoms with E-state index in [0.717, 1.165) is 37.5 Å². The third-order valence-corrected chi connectivity index (χ3v) is 4.23. The molecular formula is C18H19F3N4O. The number of nitrogens with one attached hydrogen (secondary N) is 1. The van der Waals surface area contributed by atoms with Crippen LogP contribution in [0.3, 0.4) is 0 Å². The number of urea groups is 1. The van der Waals surface area contributed by atoms with Crippen molar-refractivity contribution < 1.29 is 18.0 Å². The molecule has 0 saturated carbocycles. The number of pyridine rings is 1. The molecule has 0 atom stereocenters. The molecule has 1 saturated heterocycles. The van der Waals surface area contributed by atoms with Gasteiger partial charge in [0.05, 0.1) is 11.3 Å². The number of anilines is 1. The van der Waals surface area contributed by atoms with Crippen molar-refractivity contribution >= 4 is 11.7 Å². The SMILES string of the molecule is O=C(Nc1ccc(C(F)(F)F)cc1)N1CCN(Cc2ccccn2)CC1. The zero-order chi connectivity index (χ0) is 18.6. The lowest BCUT2D eigenvalue weighted by atomic mass is 10.2. The molecule has 1 aliphatic rings. The fraction of sp³-hybridized carbons (Fsp3) is 0.333. The number of hydrogen-bond acceptors (Lipinski definition) is 3. The number of aromatic nitrogens is 1. The number of amides is 2. The summed E-state index contributed by atoms with van der Waals surface area (Å²) in [7, 11) is 0. The van der Waals surface area contributed by atoms with Crippen LogP contribution >= 0.6 is 0 Å². The summed E-state index contributed by atoms with van der Waals surface area (Å²) in [6.07, 6.45) is -2.63. The first-order chi connectivity index (χ1) is 12.4. The van der Waals surface area contributed by atoms with Gasteiger partial charge in [-0.1, -0.05) is 6.07 Å². The molecule has 0 unspecified atom stereocenters. The standard InChI is InChI=1S/C18H19F3N4O/c19-18(20,21)14-4-6-15(7-5-14)23-17(26)25-11-9-24(10-12-25)13-16-3-1-2-8-22-16/h1-8H,9-13H2,(H,23,26). The summed E-state index contributed by atoms with van der Waals surface area (Å²) in [5.41, 5.74) is 0.590. The van der Waals surface area contributed by atoms with Gasteiger partial charge in [0.1, 0.15) is 0 Å². The number of benzene rings is 1. The Morgan fingerprint density at radius 1 is 1.04 bits per heavy atom. The Labute approximate surface area is 149 Å². The highest BCUT2D eigenvalue weighted by Gasteiger charge is 2.30. The minimum absolute atomic E-state index is 0.303. The third-order valence-electron chi connectivity index (χ3n) is 4.23. The molecule has 1 N–H and O–H groups in total. The van der Waals surface area contributed by atoms with Gasteiger partial charge in [0, 0.05) is 44.6 Å². The molecule has 1 aliphatic heterocycles. The van der Waals surface area contributed by atoms with Crippen LogP contribution in [0, 0.1) is 0 Å². The van der Waals surface area contributed by atoms with E-state index < -0.39 is 11.7 Å². The van der Waals surface area contributed by atoms with Gasteiger partial charge < -0.3 is 10.2 Å². The molecule has 2 amide bonds. The molecule has 2 aromatic rings. The Bertz CT molecular complexity index is 726. The summed E-state index contributed by atoms with van der Waals surface area (Å²) in [6.45, 7) is 3.28. The van der Waals surface area contributed by atoms with E-state index in [1.807, 2.05) is 18.2 Å². The van der Waals surface area contributed by atoms with E-state index in [1.54, 1.807) is 11.1 Å². The Morgan fingerprint density at radius 2 is 1.73 bits per heavy atom. The van der Waals surface area contributed by atoms with Crippen LogP contribution in [-0.2, 0) is 12.7 Å². The molecule has 26 heavy (non-hydrogen) atoms. The summed E-state index contributed by atoms with van der Waals surface area (Å²) < 4.78 is 37.7. The van der Waals surface area contributed by atoms with Crippen molar-refractivity contribution in [1.82, 2.24) is 14.8 Å². The lowest BCUT2D eigenvalue weighted by molar-refractivity contribution is -0.137. The smallest absolute Gasteiger partial charge is 0.322 e. The third kappa shape index (κ3) is 4.72. The van der Waals surface area contributed by atoms with Crippen LogP contribution in [0.15, 0.2) is 48.7 Å². The van der Waals surface area contributed by atoms with Gasteiger partial charge in [-0.2, -0.15) is 13.2 Å². The lowest BCUT2D eigenvalue weighted by Gasteiger charge is -2.34. The van der Waals surface area contributed by atoms with E-state index in [0.29, 0.717) is 18.8 Å². The van der Waals surface area contributed by atoms with Crippen LogP contribution in [0.25, 0.3) is 0 Å². The molecule has 0 aliphatic carbocycles. The molecular weight excluding hydrogens is 345 g/mol. The Morgan fingerprint density at radius 3 is 2.31 bits per heavy atom. The van der Waals surface area contributed by atoms with Crippen molar-refractivity contribution in [2.45, 2.75) is 12.7 Å². The Hall–Kier alpha value is -2.61. The topological polar surface area (TPSA) is 48.5 Å². The van der Waals surface area contributed by atoms with Crippen molar-refractivity contribution in [2.75, 3.05) is 31.5 Å². The second-order valence-corrected chi connectivity index (χ2v) is 6.09. The van der Waals surface area contributed by atoms with E-state index in [-0.39, 0.29) is 6.03 Å². The molecule has 138 valence electrons. The number of rotatable bonds is 3. The minimum atomic E-state index is -4.38. The molecule has 0 bridgehead atoms. The second kappa shape index (κ2) is 7.74. The molecule has 5 nitrogen and oxygen atoms in total. The van der Waals surface area contributed by atoms with Gasteiger partial charge >= 0.3 is 12.2 Å². The van der Waals surface area contributed by atoms with Gasteiger partial charge in [-0.3, -0.25) is 9.88 Å². The molecule has 1 aromatic carbocycles. The van der Waals surface area contributed by atoms with Gasteiger partial charge in [0.15, 0.2) is 0 Å². The summed E-state index contributed by atoms with van der Waals surface area (Å²) >= 11 is 0. The van der Waals surface area contributed by atoms with Crippen LogP contribution in [0.5, 0.6) is 0 Å². The first kappa shape index (κ1) is 18.2. The lowest BCUT2D eigenvalue weighted by Crippen LogP contribution is -2.49. The number of hydrogen-bond donors (Lipinski definition) is 1. The number of carbonyl (C=O) groups excluding carboxylic acids is 1. The normalized spacial score (nSPS) is 15.7. The summed E-state index contributed by atoms with van der Waals surface area (Å²) in [6, 6.07) is 9.91. The largest absolute Gasteiger partial charge is 0.416 e. The van der Waals surface area contributed by atoms with Crippen molar-refractivity contribution in [1.29, 1.82) is 0 Å². The quantitative estimate of drug-likeness (QED) is 0.908. The molecule has 0 spiro atoms. The molecule has 1 aromatic heterocycles. The van der Waals surface area contributed by atoms with E-state index in [4.69, 9.17) is 0 Å². The van der Waals surface area contributed by atoms with E-state index in [1.165, 1.54) is 12.1 Å². The van der Waals surface area contributed by atoms with Crippen LogP contribution < -0.4 is 5.32 Å². The minimum Gasteiger partial charge on any atom is -0.322 e. The predicted molar refractivity (Wildman–Crippen MR) is 91.5 cm³/mol. The van der Waals surface area contributed by atoms with Crippen molar-refractivity contribution in [2.24, 2.45) is 0 Å². The summed E-state index contributed by atoms with van der Waals surface area (Å²) in [5, 5.41) is 2.64. The van der Waals surface area contributed by atoms with E-state index in [9.17, 15) is 18.0 Å². The van der Waals surface area contributed by atoms with Gasteiger partial charge in [-0.25, -0.2) is 4.79 Å². The number of halogens is 3. The van der Waals surface area contributed by atoms with E-state index >= 15 is 0 Å². The van der Waals surface area contributed by atoms with Crippen molar-refractivity contribution in [3.63, 3.8) is 0 Å². The number of piperazine rings is 1. The predicted octanol–water partition coefficient (Wildman–Crippen LogP) is 3.45. The van der Waals surface area contributed by atoms with Crippen molar-refractivity contribution in [3.05, 3.63) is 59.9 Å². The van der Waals surface area contributed by atoms with Gasteiger partial charge in [-0.05, 0) is 36.4 Å². The van der Waals surface area contributed by atoms with Crippen LogP contribution in [0.4, 0.5) is 23.7 Å². The number of carbonyl (C=O) groups is 1. The van der Waals surface area contributed by atoms with E-state index in [2.05, 4.69) is 15.2 Å². The molecule has 8 heteroatoms. The van der Waals surface area contributed by atoms with Crippen LogP contribution in [-0.4, -0.2) is 47.0 Å². The summed E-state index contributed by atoms with van der Waals surface area (Å²) in [5.74, 6) is 0. The number of alkyl halides is 3. The van der Waals surface area contributed by atoms with Gasteiger partial charge in [-0.15, -0.1) is 0 Å². The van der Waals surface area contributed by atoms with Gasteiger partial charge in [0.25, 0.3) is 0 Å².